The van der Waals surface area contributed by atoms with Crippen LogP contribution < -0.4 is 24.8 Å². The molecular formula is C18H22N2O4. The maximum atomic E-state index is 12.1. The molecule has 0 atom stereocenters. The molecule has 0 bridgehead atoms. The summed E-state index contributed by atoms with van der Waals surface area (Å²) in [7, 11) is 4.60. The Kier molecular flexibility index (Phi) is 6.31. The van der Waals surface area contributed by atoms with E-state index in [-0.39, 0.29) is 5.91 Å². The van der Waals surface area contributed by atoms with E-state index in [9.17, 15) is 4.79 Å². The zero-order chi connectivity index (χ0) is 17.4. The summed E-state index contributed by atoms with van der Waals surface area (Å²) >= 11 is 0. The first-order valence-electron chi connectivity index (χ1n) is 7.56. The molecule has 1 amide bonds. The predicted octanol–water partition coefficient (Wildman–Crippen LogP) is 3.15. The Morgan fingerprint density at radius 3 is 2.08 bits per heavy atom. The highest BCUT2D eigenvalue weighted by atomic mass is 16.5. The van der Waals surface area contributed by atoms with Gasteiger partial charge in [-0.3, -0.25) is 4.79 Å². The van der Waals surface area contributed by atoms with E-state index in [0.717, 1.165) is 5.69 Å². The third-order valence-electron chi connectivity index (χ3n) is 3.40. The Balaban J connectivity index is 1.96. The van der Waals surface area contributed by atoms with E-state index in [0.29, 0.717) is 35.9 Å². The number of para-hydroxylation sites is 1. The summed E-state index contributed by atoms with van der Waals surface area (Å²) in [6.07, 6.45) is 0.339. The van der Waals surface area contributed by atoms with Crippen molar-refractivity contribution in [2.24, 2.45) is 0 Å². The second-order valence-corrected chi connectivity index (χ2v) is 5.00. The van der Waals surface area contributed by atoms with E-state index in [1.165, 1.54) is 21.3 Å². The minimum absolute atomic E-state index is 0.104. The van der Waals surface area contributed by atoms with Gasteiger partial charge in [0.15, 0.2) is 11.5 Å². The molecule has 0 heterocycles. The third-order valence-corrected chi connectivity index (χ3v) is 3.40. The van der Waals surface area contributed by atoms with Crippen LogP contribution in [0, 0.1) is 0 Å². The summed E-state index contributed by atoms with van der Waals surface area (Å²) in [5.74, 6) is 1.38. The molecule has 0 aromatic heterocycles. The van der Waals surface area contributed by atoms with Crippen molar-refractivity contribution in [1.29, 1.82) is 0 Å². The molecule has 24 heavy (non-hydrogen) atoms. The zero-order valence-electron chi connectivity index (χ0n) is 14.1. The van der Waals surface area contributed by atoms with Gasteiger partial charge in [-0.25, -0.2) is 0 Å². The monoisotopic (exact) mass is 330 g/mol. The van der Waals surface area contributed by atoms with Gasteiger partial charge in [0.2, 0.25) is 11.7 Å². The predicted molar refractivity (Wildman–Crippen MR) is 94.3 cm³/mol. The van der Waals surface area contributed by atoms with Crippen molar-refractivity contribution in [2.75, 3.05) is 38.5 Å². The number of rotatable bonds is 8. The highest BCUT2D eigenvalue weighted by Crippen LogP contribution is 2.39. The maximum Gasteiger partial charge on any atom is 0.226 e. The topological polar surface area (TPSA) is 68.8 Å². The fourth-order valence-electron chi connectivity index (χ4n) is 2.25. The average Bonchev–Trinajstić information content (AvgIpc) is 2.61. The summed E-state index contributed by atoms with van der Waals surface area (Å²) < 4.78 is 15.8. The zero-order valence-corrected chi connectivity index (χ0v) is 14.1. The van der Waals surface area contributed by atoms with Crippen LogP contribution in [0.1, 0.15) is 6.42 Å². The molecule has 0 aliphatic heterocycles. The van der Waals surface area contributed by atoms with Gasteiger partial charge < -0.3 is 24.8 Å². The lowest BCUT2D eigenvalue weighted by Crippen LogP contribution is -2.16. The van der Waals surface area contributed by atoms with Gasteiger partial charge in [-0.2, -0.15) is 0 Å². The molecule has 0 spiro atoms. The van der Waals surface area contributed by atoms with Crippen LogP contribution in [0.15, 0.2) is 42.5 Å². The molecule has 2 rings (SSSR count). The molecule has 2 N–H and O–H groups in total. The molecule has 2 aromatic rings. The van der Waals surface area contributed by atoms with Crippen molar-refractivity contribution in [3.05, 3.63) is 42.5 Å². The fraction of sp³-hybridized carbons (Fsp3) is 0.278. The van der Waals surface area contributed by atoms with Gasteiger partial charge in [0, 0.05) is 36.5 Å². The van der Waals surface area contributed by atoms with Crippen LogP contribution in [-0.4, -0.2) is 33.8 Å². The number of nitrogens with one attached hydrogen (secondary N) is 2. The SMILES string of the molecule is COc1cc(NC(=O)CCNc2ccccc2)cc(OC)c1OC. The Morgan fingerprint density at radius 2 is 1.54 bits per heavy atom. The van der Waals surface area contributed by atoms with E-state index < -0.39 is 0 Å². The number of methoxy groups -OCH3 is 3. The van der Waals surface area contributed by atoms with Gasteiger partial charge in [-0.05, 0) is 12.1 Å². The highest BCUT2D eigenvalue weighted by molar-refractivity contribution is 5.91. The van der Waals surface area contributed by atoms with Gasteiger partial charge in [-0.15, -0.1) is 0 Å². The van der Waals surface area contributed by atoms with Crippen molar-refractivity contribution in [3.63, 3.8) is 0 Å². The smallest absolute Gasteiger partial charge is 0.226 e. The molecule has 0 unspecified atom stereocenters. The Bertz CT molecular complexity index is 649. The van der Waals surface area contributed by atoms with Gasteiger partial charge in [-0.1, -0.05) is 18.2 Å². The number of carbonyl (C=O) groups excluding carboxylic acids is 1. The fourth-order valence-corrected chi connectivity index (χ4v) is 2.25. The van der Waals surface area contributed by atoms with E-state index in [2.05, 4.69) is 10.6 Å². The summed E-state index contributed by atoms with van der Waals surface area (Å²) in [6, 6.07) is 13.1. The number of amides is 1. The molecule has 0 saturated carbocycles. The van der Waals surface area contributed by atoms with Crippen molar-refractivity contribution in [1.82, 2.24) is 0 Å². The highest BCUT2D eigenvalue weighted by Gasteiger charge is 2.14. The molecule has 0 fully saturated rings. The normalized spacial score (nSPS) is 9.96. The lowest BCUT2D eigenvalue weighted by Gasteiger charge is -2.14. The van der Waals surface area contributed by atoms with E-state index in [1.807, 2.05) is 30.3 Å². The minimum Gasteiger partial charge on any atom is -0.493 e. The molecule has 6 nitrogen and oxygen atoms in total. The first-order chi connectivity index (χ1) is 11.7. The van der Waals surface area contributed by atoms with Gasteiger partial charge in [0.1, 0.15) is 0 Å². The quantitative estimate of drug-likeness (QED) is 0.778. The summed E-state index contributed by atoms with van der Waals surface area (Å²) in [5.41, 5.74) is 1.58. The lowest BCUT2D eigenvalue weighted by molar-refractivity contribution is -0.115. The number of ether oxygens (including phenoxy) is 3. The van der Waals surface area contributed by atoms with E-state index in [1.54, 1.807) is 12.1 Å². The second-order valence-electron chi connectivity index (χ2n) is 5.00. The van der Waals surface area contributed by atoms with Crippen molar-refractivity contribution in [3.8, 4) is 17.2 Å². The van der Waals surface area contributed by atoms with Gasteiger partial charge in [0.05, 0.1) is 21.3 Å². The van der Waals surface area contributed by atoms with Crippen LogP contribution in [-0.2, 0) is 4.79 Å². The average molecular weight is 330 g/mol. The van der Waals surface area contributed by atoms with Crippen LogP contribution in [0.5, 0.6) is 17.2 Å². The van der Waals surface area contributed by atoms with Crippen LogP contribution in [0.2, 0.25) is 0 Å². The van der Waals surface area contributed by atoms with Crippen LogP contribution in [0.4, 0.5) is 11.4 Å². The molecule has 2 aromatic carbocycles. The number of anilines is 2. The third kappa shape index (κ3) is 4.55. The van der Waals surface area contributed by atoms with Crippen molar-refractivity contribution in [2.45, 2.75) is 6.42 Å². The number of benzene rings is 2. The molecule has 0 aliphatic rings. The minimum atomic E-state index is -0.104. The Morgan fingerprint density at radius 1 is 0.917 bits per heavy atom. The maximum absolute atomic E-state index is 12.1. The summed E-state index contributed by atoms with van der Waals surface area (Å²) in [5, 5.41) is 6.03. The standard InChI is InChI=1S/C18H22N2O4/c1-22-15-11-14(12-16(23-2)18(15)24-3)20-17(21)9-10-19-13-7-5-4-6-8-13/h4-8,11-12,19H,9-10H2,1-3H3,(H,20,21). The van der Waals surface area contributed by atoms with Gasteiger partial charge in [0.25, 0.3) is 0 Å². The van der Waals surface area contributed by atoms with E-state index in [4.69, 9.17) is 14.2 Å². The number of hydrogen-bond acceptors (Lipinski definition) is 5. The summed E-state index contributed by atoms with van der Waals surface area (Å²) in [6.45, 7) is 0.542. The second kappa shape index (κ2) is 8.67. The van der Waals surface area contributed by atoms with Crippen LogP contribution >= 0.6 is 0 Å². The first kappa shape index (κ1) is 17.5. The molecule has 0 aliphatic carbocycles. The Labute approximate surface area is 141 Å². The van der Waals surface area contributed by atoms with Crippen molar-refractivity contribution < 1.29 is 19.0 Å². The van der Waals surface area contributed by atoms with E-state index >= 15 is 0 Å². The number of hydrogen-bond donors (Lipinski definition) is 2. The van der Waals surface area contributed by atoms with Crippen LogP contribution in [0.3, 0.4) is 0 Å². The van der Waals surface area contributed by atoms with Gasteiger partial charge >= 0.3 is 0 Å². The Hall–Kier alpha value is -2.89. The largest absolute Gasteiger partial charge is 0.493 e. The molecule has 0 radical (unpaired) electrons. The molecule has 0 saturated heterocycles. The molecular weight excluding hydrogens is 308 g/mol. The summed E-state index contributed by atoms with van der Waals surface area (Å²) in [4.78, 5) is 12.1. The van der Waals surface area contributed by atoms with Crippen molar-refractivity contribution >= 4 is 17.3 Å². The van der Waals surface area contributed by atoms with Crippen LogP contribution in [0.25, 0.3) is 0 Å². The lowest BCUT2D eigenvalue weighted by atomic mass is 10.2. The number of carbonyl (C=O) groups is 1. The first-order valence-corrected chi connectivity index (χ1v) is 7.56. The molecule has 128 valence electrons. The molecule has 6 heteroatoms.